The van der Waals surface area contributed by atoms with Crippen LogP contribution in [0.1, 0.15) is 19.2 Å². The van der Waals surface area contributed by atoms with Crippen LogP contribution in [0.2, 0.25) is 0 Å². The van der Waals surface area contributed by atoms with Gasteiger partial charge in [0.1, 0.15) is 5.92 Å². The number of aromatic nitrogens is 2. The molecular weight excluding hydrogens is 311 g/mol. The number of anilines is 1. The molecule has 10 heteroatoms. The Labute approximate surface area is 122 Å². The van der Waals surface area contributed by atoms with Crippen LogP contribution in [0.4, 0.5) is 18.3 Å². The summed E-state index contributed by atoms with van der Waals surface area (Å²) in [5.41, 5.74) is 0. The van der Waals surface area contributed by atoms with Gasteiger partial charge in [0.15, 0.2) is 0 Å². The summed E-state index contributed by atoms with van der Waals surface area (Å²) in [6.07, 6.45) is -3.96. The fraction of sp³-hybridized carbons (Fsp3) is 0.727. The fourth-order valence-corrected chi connectivity index (χ4v) is 2.95. The summed E-state index contributed by atoms with van der Waals surface area (Å²) in [5, 5.41) is 9.24. The van der Waals surface area contributed by atoms with Gasteiger partial charge in [-0.1, -0.05) is 6.92 Å². The van der Waals surface area contributed by atoms with Crippen molar-refractivity contribution in [2.45, 2.75) is 25.6 Å². The number of hydrogen-bond acceptors (Lipinski definition) is 6. The van der Waals surface area contributed by atoms with Crippen LogP contribution in [0.15, 0.2) is 0 Å². The van der Waals surface area contributed by atoms with Crippen molar-refractivity contribution >= 4 is 22.6 Å². The molecule has 1 saturated heterocycles. The molecule has 0 aromatic carbocycles. The van der Waals surface area contributed by atoms with E-state index in [9.17, 15) is 18.0 Å². The molecule has 118 valence electrons. The van der Waals surface area contributed by atoms with Gasteiger partial charge >= 0.3 is 12.1 Å². The van der Waals surface area contributed by atoms with Crippen LogP contribution in [0, 0.1) is 5.92 Å². The predicted octanol–water partition coefficient (Wildman–Crippen LogP) is 1.87. The minimum Gasteiger partial charge on any atom is -0.481 e. The average Bonchev–Trinajstić information content (AvgIpc) is 3.04. The van der Waals surface area contributed by atoms with E-state index in [0.29, 0.717) is 24.5 Å². The fourth-order valence-electron chi connectivity index (χ4n) is 2.18. The zero-order valence-electron chi connectivity index (χ0n) is 11.1. The lowest BCUT2D eigenvalue weighted by Gasteiger charge is -2.29. The number of aliphatic carboxylic acids is 1. The molecular formula is C11H14F3N3O3S. The van der Waals surface area contributed by atoms with Gasteiger partial charge in [0.25, 0.3) is 0 Å². The van der Waals surface area contributed by atoms with E-state index in [1.165, 1.54) is 0 Å². The highest BCUT2D eigenvalue weighted by atomic mass is 32.1. The second-order valence-electron chi connectivity index (χ2n) is 4.64. The Morgan fingerprint density at radius 1 is 1.52 bits per heavy atom. The minimum atomic E-state index is -4.61. The summed E-state index contributed by atoms with van der Waals surface area (Å²) in [6.45, 7) is 2.44. The van der Waals surface area contributed by atoms with E-state index < -0.39 is 29.9 Å². The van der Waals surface area contributed by atoms with Crippen LogP contribution in [-0.4, -0.2) is 46.2 Å². The zero-order valence-corrected chi connectivity index (χ0v) is 11.9. The van der Waals surface area contributed by atoms with Crippen molar-refractivity contribution in [2.75, 3.05) is 24.7 Å². The number of nitrogens with zero attached hydrogens (tertiary/aromatic N) is 3. The van der Waals surface area contributed by atoms with Crippen LogP contribution in [0.3, 0.4) is 0 Å². The number of rotatable bonds is 5. The maximum atomic E-state index is 12.6. The van der Waals surface area contributed by atoms with Gasteiger partial charge in [-0.15, -0.1) is 0 Å². The Balaban J connectivity index is 2.26. The van der Waals surface area contributed by atoms with E-state index in [1.807, 2.05) is 6.92 Å². The lowest BCUT2D eigenvalue weighted by Crippen LogP contribution is -2.43. The number of halogens is 3. The Morgan fingerprint density at radius 2 is 2.24 bits per heavy atom. The second-order valence-corrected chi connectivity index (χ2v) is 5.37. The molecule has 1 aliphatic rings. The molecule has 1 aromatic rings. The van der Waals surface area contributed by atoms with Crippen LogP contribution >= 0.6 is 11.5 Å². The molecule has 0 aliphatic carbocycles. The third-order valence-corrected chi connectivity index (χ3v) is 3.90. The summed E-state index contributed by atoms with van der Waals surface area (Å²) >= 11 is 0.621. The summed E-state index contributed by atoms with van der Waals surface area (Å²) in [7, 11) is 0. The molecule has 21 heavy (non-hydrogen) atoms. The number of alkyl halides is 3. The molecule has 0 radical (unpaired) electrons. The molecule has 2 heterocycles. The minimum absolute atomic E-state index is 0.0468. The van der Waals surface area contributed by atoms with Crippen molar-refractivity contribution in [3.8, 4) is 0 Å². The number of carbonyl (C=O) groups is 1. The SMILES string of the molecule is CCCN(c1nc(C(F)(F)F)ns1)C1COCC1C(=O)O. The number of carboxylic acids is 1. The molecule has 1 aromatic heterocycles. The summed E-state index contributed by atoms with van der Waals surface area (Å²) < 4.78 is 46.2. The smallest absolute Gasteiger partial charge is 0.452 e. The van der Waals surface area contributed by atoms with Crippen molar-refractivity contribution in [3.05, 3.63) is 5.82 Å². The first-order chi connectivity index (χ1) is 9.84. The highest BCUT2D eigenvalue weighted by Crippen LogP contribution is 2.33. The summed E-state index contributed by atoms with van der Waals surface area (Å²) in [4.78, 5) is 16.3. The predicted molar refractivity (Wildman–Crippen MR) is 68.3 cm³/mol. The molecule has 1 aliphatic heterocycles. The molecule has 1 fully saturated rings. The molecule has 6 nitrogen and oxygen atoms in total. The van der Waals surface area contributed by atoms with Gasteiger partial charge in [-0.2, -0.15) is 22.5 Å². The topological polar surface area (TPSA) is 75.5 Å². The van der Waals surface area contributed by atoms with Crippen LogP contribution < -0.4 is 4.90 Å². The molecule has 1 N–H and O–H groups in total. The highest BCUT2D eigenvalue weighted by Gasteiger charge is 2.41. The molecule has 2 unspecified atom stereocenters. The Bertz CT molecular complexity index is 508. The Kier molecular flexibility index (Phi) is 4.67. The molecule has 0 amide bonds. The summed E-state index contributed by atoms with van der Waals surface area (Å²) in [6, 6.07) is -0.531. The Hall–Kier alpha value is -1.42. The van der Waals surface area contributed by atoms with Crippen molar-refractivity contribution in [1.82, 2.24) is 9.36 Å². The second kappa shape index (κ2) is 6.14. The van der Waals surface area contributed by atoms with E-state index in [0.717, 1.165) is 0 Å². The van der Waals surface area contributed by atoms with Crippen molar-refractivity contribution < 1.29 is 27.8 Å². The van der Waals surface area contributed by atoms with Crippen LogP contribution in [0.25, 0.3) is 0 Å². The number of hydrogen-bond donors (Lipinski definition) is 1. The van der Waals surface area contributed by atoms with E-state index in [4.69, 9.17) is 9.84 Å². The monoisotopic (exact) mass is 325 g/mol. The van der Waals surface area contributed by atoms with Gasteiger partial charge in [0.2, 0.25) is 11.0 Å². The van der Waals surface area contributed by atoms with E-state index >= 15 is 0 Å². The zero-order chi connectivity index (χ0) is 15.6. The van der Waals surface area contributed by atoms with Crippen molar-refractivity contribution in [1.29, 1.82) is 0 Å². The third kappa shape index (κ3) is 3.43. The van der Waals surface area contributed by atoms with E-state index in [1.54, 1.807) is 4.90 Å². The quantitative estimate of drug-likeness (QED) is 0.891. The normalized spacial score (nSPS) is 22.5. The van der Waals surface area contributed by atoms with Crippen LogP contribution in [-0.2, 0) is 15.7 Å². The van der Waals surface area contributed by atoms with Gasteiger partial charge < -0.3 is 14.7 Å². The standard InChI is InChI=1S/C11H14F3N3O3S/c1-2-3-17(7-5-20-4-6(7)8(18)19)10-15-9(16-21-10)11(12,13)14/h6-7H,2-5H2,1H3,(H,18,19). The maximum absolute atomic E-state index is 12.6. The Morgan fingerprint density at radius 3 is 2.76 bits per heavy atom. The van der Waals surface area contributed by atoms with Gasteiger partial charge in [-0.25, -0.2) is 0 Å². The number of carboxylic acid groups (broad SMARTS) is 1. The first kappa shape index (κ1) is 16.0. The highest BCUT2D eigenvalue weighted by molar-refractivity contribution is 7.09. The van der Waals surface area contributed by atoms with Crippen molar-refractivity contribution in [3.63, 3.8) is 0 Å². The van der Waals surface area contributed by atoms with Gasteiger partial charge in [0, 0.05) is 18.1 Å². The first-order valence-corrected chi connectivity index (χ1v) is 7.10. The average molecular weight is 325 g/mol. The molecule has 0 bridgehead atoms. The van der Waals surface area contributed by atoms with Gasteiger partial charge in [-0.05, 0) is 6.42 Å². The first-order valence-electron chi connectivity index (χ1n) is 6.32. The van der Waals surface area contributed by atoms with Gasteiger partial charge in [0.05, 0.1) is 19.3 Å². The molecule has 0 saturated carbocycles. The van der Waals surface area contributed by atoms with E-state index in [2.05, 4.69) is 9.36 Å². The summed E-state index contributed by atoms with van der Waals surface area (Å²) in [5.74, 6) is -3.01. The number of ether oxygens (including phenoxy) is 1. The van der Waals surface area contributed by atoms with Crippen molar-refractivity contribution in [2.24, 2.45) is 5.92 Å². The van der Waals surface area contributed by atoms with Gasteiger partial charge in [-0.3, -0.25) is 4.79 Å². The lowest BCUT2D eigenvalue weighted by molar-refractivity contribution is -0.144. The largest absolute Gasteiger partial charge is 0.481 e. The third-order valence-electron chi connectivity index (χ3n) is 3.15. The van der Waals surface area contributed by atoms with Crippen LogP contribution in [0.5, 0.6) is 0 Å². The van der Waals surface area contributed by atoms with E-state index in [-0.39, 0.29) is 18.3 Å². The molecule has 2 rings (SSSR count). The maximum Gasteiger partial charge on any atom is 0.452 e. The lowest BCUT2D eigenvalue weighted by atomic mass is 10.0. The molecule has 2 atom stereocenters. The molecule has 0 spiro atoms.